The highest BCUT2D eigenvalue weighted by atomic mass is 79.9. The van der Waals surface area contributed by atoms with E-state index in [0.717, 1.165) is 29.7 Å². The molecule has 1 N–H and O–H groups in total. The summed E-state index contributed by atoms with van der Waals surface area (Å²) in [6.07, 6.45) is 4.96. The highest BCUT2D eigenvalue weighted by Crippen LogP contribution is 2.26. The molecule has 1 saturated heterocycles. The maximum Gasteiger partial charge on any atom is 0.153 e. The first-order chi connectivity index (χ1) is 8.22. The fourth-order valence-electron chi connectivity index (χ4n) is 2.35. The summed E-state index contributed by atoms with van der Waals surface area (Å²) in [6, 6.07) is 0.272. The van der Waals surface area contributed by atoms with Gasteiger partial charge in [0, 0.05) is 13.7 Å². The van der Waals surface area contributed by atoms with Crippen molar-refractivity contribution < 1.29 is 4.74 Å². The number of nitrogens with one attached hydrogen (secondary N) is 1. The largest absolute Gasteiger partial charge is 0.378 e. The van der Waals surface area contributed by atoms with E-state index < -0.39 is 0 Å². The summed E-state index contributed by atoms with van der Waals surface area (Å²) in [6.45, 7) is 0.922. The van der Waals surface area contributed by atoms with E-state index in [9.17, 15) is 0 Å². The van der Waals surface area contributed by atoms with Crippen LogP contribution in [-0.4, -0.2) is 34.8 Å². The van der Waals surface area contributed by atoms with E-state index in [1.807, 2.05) is 18.8 Å². The molecule has 1 aromatic heterocycles. The van der Waals surface area contributed by atoms with E-state index in [2.05, 4.69) is 31.6 Å². The van der Waals surface area contributed by atoms with E-state index in [0.29, 0.717) is 6.10 Å². The van der Waals surface area contributed by atoms with Gasteiger partial charge in [-0.25, -0.2) is 4.68 Å². The second-order valence-electron chi connectivity index (χ2n) is 4.44. The van der Waals surface area contributed by atoms with Crippen molar-refractivity contribution >= 4 is 15.9 Å². The van der Waals surface area contributed by atoms with Gasteiger partial charge in [-0.05, 0) is 48.7 Å². The van der Waals surface area contributed by atoms with Crippen molar-refractivity contribution in [3.05, 3.63) is 10.3 Å². The predicted molar refractivity (Wildman–Crippen MR) is 68.7 cm³/mol. The molecule has 6 heteroatoms. The number of rotatable bonds is 5. The van der Waals surface area contributed by atoms with E-state index in [1.54, 1.807) is 0 Å². The second kappa shape index (κ2) is 5.93. The molecule has 1 aromatic rings. The quantitative estimate of drug-likeness (QED) is 0.901. The van der Waals surface area contributed by atoms with Gasteiger partial charge in [-0.15, -0.1) is 5.10 Å². The third-order valence-electron chi connectivity index (χ3n) is 3.31. The number of aromatic nitrogens is 3. The van der Waals surface area contributed by atoms with Crippen molar-refractivity contribution in [2.75, 3.05) is 13.7 Å². The summed E-state index contributed by atoms with van der Waals surface area (Å²) < 4.78 is 8.29. The number of nitrogens with zero attached hydrogens (tertiary/aromatic N) is 3. The van der Waals surface area contributed by atoms with Crippen molar-refractivity contribution in [3.8, 4) is 0 Å². The first-order valence-electron chi connectivity index (χ1n) is 6.06. The van der Waals surface area contributed by atoms with Crippen LogP contribution in [0.2, 0.25) is 0 Å². The number of aryl methyl sites for hydroxylation is 1. The van der Waals surface area contributed by atoms with Gasteiger partial charge in [0.15, 0.2) is 4.60 Å². The third-order valence-corrected chi connectivity index (χ3v) is 3.87. The minimum atomic E-state index is 0.272. The van der Waals surface area contributed by atoms with Crippen LogP contribution in [0.3, 0.4) is 0 Å². The molecule has 0 aromatic carbocycles. The smallest absolute Gasteiger partial charge is 0.153 e. The zero-order valence-corrected chi connectivity index (χ0v) is 11.9. The van der Waals surface area contributed by atoms with Gasteiger partial charge in [0.25, 0.3) is 0 Å². The highest BCUT2D eigenvalue weighted by Gasteiger charge is 2.22. The van der Waals surface area contributed by atoms with E-state index >= 15 is 0 Å². The molecule has 2 rings (SSSR count). The topological polar surface area (TPSA) is 52.0 Å². The lowest BCUT2D eigenvalue weighted by molar-refractivity contribution is 0.0996. The van der Waals surface area contributed by atoms with E-state index in [-0.39, 0.29) is 6.04 Å². The number of hydrogen-bond acceptors (Lipinski definition) is 4. The molecule has 17 heavy (non-hydrogen) atoms. The second-order valence-corrected chi connectivity index (χ2v) is 5.19. The van der Waals surface area contributed by atoms with Crippen molar-refractivity contribution in [2.45, 2.75) is 37.8 Å². The van der Waals surface area contributed by atoms with Crippen LogP contribution in [0.25, 0.3) is 0 Å². The van der Waals surface area contributed by atoms with Gasteiger partial charge in [-0.2, -0.15) is 0 Å². The molecule has 2 heterocycles. The van der Waals surface area contributed by atoms with Crippen LogP contribution in [0.4, 0.5) is 0 Å². The summed E-state index contributed by atoms with van der Waals surface area (Å²) in [4.78, 5) is 0. The molecule has 1 fully saturated rings. The minimum absolute atomic E-state index is 0.272. The molecule has 0 spiro atoms. The Labute approximate surface area is 110 Å². The van der Waals surface area contributed by atoms with E-state index in [1.165, 1.54) is 12.8 Å². The molecule has 1 aliphatic rings. The Morgan fingerprint density at radius 3 is 3.00 bits per heavy atom. The maximum absolute atomic E-state index is 5.65. The monoisotopic (exact) mass is 302 g/mol. The molecule has 0 bridgehead atoms. The Morgan fingerprint density at radius 1 is 1.65 bits per heavy atom. The number of halogens is 1. The Bertz CT molecular complexity index is 343. The highest BCUT2D eigenvalue weighted by molar-refractivity contribution is 9.10. The predicted octanol–water partition coefficient (Wildman–Crippen LogP) is 1.80. The van der Waals surface area contributed by atoms with Gasteiger partial charge in [0.05, 0.1) is 17.8 Å². The van der Waals surface area contributed by atoms with Crippen LogP contribution in [0.5, 0.6) is 0 Å². The van der Waals surface area contributed by atoms with Crippen LogP contribution in [0.15, 0.2) is 4.60 Å². The SMILES string of the molecule is CNC(CCC1CCCO1)c1c(Br)nnn1C. The van der Waals surface area contributed by atoms with Gasteiger partial charge in [-0.1, -0.05) is 5.21 Å². The zero-order chi connectivity index (χ0) is 12.3. The van der Waals surface area contributed by atoms with Crippen LogP contribution >= 0.6 is 15.9 Å². The Morgan fingerprint density at radius 2 is 2.47 bits per heavy atom. The summed E-state index contributed by atoms with van der Waals surface area (Å²) in [5.74, 6) is 0. The van der Waals surface area contributed by atoms with E-state index in [4.69, 9.17) is 4.74 Å². The van der Waals surface area contributed by atoms with Gasteiger partial charge in [0.1, 0.15) is 0 Å². The fourth-order valence-corrected chi connectivity index (χ4v) is 2.95. The van der Waals surface area contributed by atoms with Gasteiger partial charge in [0.2, 0.25) is 0 Å². The summed E-state index contributed by atoms with van der Waals surface area (Å²) in [7, 11) is 3.89. The summed E-state index contributed by atoms with van der Waals surface area (Å²) in [5.41, 5.74) is 1.10. The zero-order valence-electron chi connectivity index (χ0n) is 10.3. The number of hydrogen-bond donors (Lipinski definition) is 1. The van der Waals surface area contributed by atoms with Crippen LogP contribution in [-0.2, 0) is 11.8 Å². The molecule has 5 nitrogen and oxygen atoms in total. The van der Waals surface area contributed by atoms with Crippen molar-refractivity contribution in [3.63, 3.8) is 0 Å². The molecule has 1 aliphatic heterocycles. The third kappa shape index (κ3) is 3.05. The Hall–Kier alpha value is -0.460. The lowest BCUT2D eigenvalue weighted by Crippen LogP contribution is -2.21. The summed E-state index contributed by atoms with van der Waals surface area (Å²) >= 11 is 3.45. The van der Waals surface area contributed by atoms with Crippen molar-refractivity contribution in [1.82, 2.24) is 20.3 Å². The molecule has 2 atom stereocenters. The molecule has 0 aliphatic carbocycles. The minimum Gasteiger partial charge on any atom is -0.378 e. The molecular weight excluding hydrogens is 284 g/mol. The van der Waals surface area contributed by atoms with Crippen LogP contribution in [0.1, 0.15) is 37.4 Å². The molecule has 0 amide bonds. The van der Waals surface area contributed by atoms with Crippen LogP contribution < -0.4 is 5.32 Å². The van der Waals surface area contributed by atoms with Gasteiger partial charge >= 0.3 is 0 Å². The normalized spacial score (nSPS) is 21.9. The van der Waals surface area contributed by atoms with Crippen molar-refractivity contribution in [2.24, 2.45) is 7.05 Å². The molecular formula is C11H19BrN4O. The van der Waals surface area contributed by atoms with Gasteiger partial charge in [-0.3, -0.25) is 0 Å². The summed E-state index contributed by atoms with van der Waals surface area (Å²) in [5, 5.41) is 11.4. The van der Waals surface area contributed by atoms with Gasteiger partial charge < -0.3 is 10.1 Å². The lowest BCUT2D eigenvalue weighted by Gasteiger charge is -2.18. The molecule has 2 unspecified atom stereocenters. The molecule has 0 saturated carbocycles. The molecule has 96 valence electrons. The standard InChI is InChI=1S/C11H19BrN4O/c1-13-9(6-5-8-4-3-7-17-8)10-11(12)14-15-16(10)2/h8-9,13H,3-7H2,1-2H3. The lowest BCUT2D eigenvalue weighted by atomic mass is 10.0. The first-order valence-corrected chi connectivity index (χ1v) is 6.85. The fraction of sp³-hybridized carbons (Fsp3) is 0.818. The molecule has 0 radical (unpaired) electrons. The van der Waals surface area contributed by atoms with Crippen molar-refractivity contribution in [1.29, 1.82) is 0 Å². The Balaban J connectivity index is 1.96. The first kappa shape index (κ1) is 13.0. The number of ether oxygens (including phenoxy) is 1. The average molecular weight is 303 g/mol. The maximum atomic E-state index is 5.65. The van der Waals surface area contributed by atoms with Crippen LogP contribution in [0, 0.1) is 0 Å². The Kier molecular flexibility index (Phi) is 4.53. The average Bonchev–Trinajstić information content (AvgIpc) is 2.93.